The zero-order valence-corrected chi connectivity index (χ0v) is 11.1. The molecule has 0 aromatic carbocycles. The van der Waals surface area contributed by atoms with Gasteiger partial charge < -0.3 is 9.47 Å². The molecule has 0 radical (unpaired) electrons. The Morgan fingerprint density at radius 2 is 2.13 bits per heavy atom. The minimum atomic E-state index is -1.19. The Hall–Kier alpha value is -0.303. The highest BCUT2D eigenvalue weighted by molar-refractivity contribution is 6.83. The highest BCUT2D eigenvalue weighted by Crippen LogP contribution is 2.13. The Kier molecular flexibility index (Phi) is 5.38. The third kappa shape index (κ3) is 6.72. The molecule has 1 heterocycles. The van der Waals surface area contributed by atoms with Crippen molar-refractivity contribution in [3.8, 4) is 11.5 Å². The maximum atomic E-state index is 5.59. The van der Waals surface area contributed by atoms with Crippen LogP contribution in [-0.4, -0.2) is 27.6 Å². The topological polar surface area (TPSA) is 18.5 Å². The average Bonchev–Trinajstić information content (AvgIpc) is 2.17. The largest absolute Gasteiger partial charge is 0.353 e. The van der Waals surface area contributed by atoms with Gasteiger partial charge in [0, 0.05) is 13.0 Å². The van der Waals surface area contributed by atoms with Gasteiger partial charge >= 0.3 is 0 Å². The molecule has 0 bridgehead atoms. The molecule has 1 aliphatic rings. The molecule has 0 aliphatic carbocycles. The summed E-state index contributed by atoms with van der Waals surface area (Å²) in [5, 5.41) is 0. The van der Waals surface area contributed by atoms with Gasteiger partial charge in [0.15, 0.2) is 6.29 Å². The third-order valence-corrected chi connectivity index (χ3v) is 3.06. The van der Waals surface area contributed by atoms with Crippen LogP contribution < -0.4 is 0 Å². The van der Waals surface area contributed by atoms with E-state index >= 15 is 0 Å². The van der Waals surface area contributed by atoms with E-state index in [1.807, 2.05) is 0 Å². The second-order valence-electron chi connectivity index (χ2n) is 4.97. The number of hydrogen-bond donors (Lipinski definition) is 0. The molecule has 15 heavy (non-hydrogen) atoms. The van der Waals surface area contributed by atoms with Crippen LogP contribution in [0.5, 0.6) is 0 Å². The summed E-state index contributed by atoms with van der Waals surface area (Å²) in [6, 6.07) is 0. The normalized spacial score (nSPS) is 21.9. The molecule has 0 aromatic rings. The van der Waals surface area contributed by atoms with Gasteiger partial charge in [0.05, 0.1) is 6.61 Å². The lowest BCUT2D eigenvalue weighted by Crippen LogP contribution is -2.22. The molecule has 1 aliphatic heterocycles. The molecule has 0 amide bonds. The van der Waals surface area contributed by atoms with E-state index in [9.17, 15) is 0 Å². The van der Waals surface area contributed by atoms with Crippen molar-refractivity contribution in [1.29, 1.82) is 0 Å². The molecular weight excluding hydrogens is 204 g/mol. The summed E-state index contributed by atoms with van der Waals surface area (Å²) in [5.74, 6) is 3.20. The van der Waals surface area contributed by atoms with Crippen LogP contribution in [0.1, 0.15) is 25.7 Å². The van der Waals surface area contributed by atoms with Crippen LogP contribution >= 0.6 is 0 Å². The van der Waals surface area contributed by atoms with Gasteiger partial charge in [0.2, 0.25) is 0 Å². The quantitative estimate of drug-likeness (QED) is 0.418. The van der Waals surface area contributed by atoms with Gasteiger partial charge in [-0.15, -0.1) is 11.5 Å². The number of rotatable bonds is 3. The molecule has 3 heteroatoms. The molecule has 1 rings (SSSR count). The van der Waals surface area contributed by atoms with Gasteiger partial charge in [-0.2, -0.15) is 0 Å². The fraction of sp³-hybridized carbons (Fsp3) is 0.833. The van der Waals surface area contributed by atoms with Gasteiger partial charge in [0.1, 0.15) is 8.07 Å². The summed E-state index contributed by atoms with van der Waals surface area (Å²) in [7, 11) is -1.19. The monoisotopic (exact) mass is 226 g/mol. The fourth-order valence-electron chi connectivity index (χ4n) is 1.41. The smallest absolute Gasteiger partial charge is 0.157 e. The maximum Gasteiger partial charge on any atom is 0.157 e. The Bertz CT molecular complexity index is 228. The molecule has 0 unspecified atom stereocenters. The first kappa shape index (κ1) is 12.8. The highest BCUT2D eigenvalue weighted by Gasteiger charge is 2.13. The lowest BCUT2D eigenvalue weighted by atomic mass is 10.2. The minimum Gasteiger partial charge on any atom is -0.353 e. The third-order valence-electron chi connectivity index (χ3n) is 2.13. The van der Waals surface area contributed by atoms with Crippen LogP contribution in [0.4, 0.5) is 0 Å². The van der Waals surface area contributed by atoms with Crippen molar-refractivity contribution >= 4 is 8.07 Å². The maximum absolute atomic E-state index is 5.59. The standard InChI is InChI=1S/C12H22O2Si/c1-15(2,3)11-7-6-10-14-12-8-4-5-9-13-12/h12H,4-6,8-10H2,1-3H3/t12-/m0/s1. The van der Waals surface area contributed by atoms with E-state index in [-0.39, 0.29) is 6.29 Å². The van der Waals surface area contributed by atoms with Crippen molar-refractivity contribution in [3.63, 3.8) is 0 Å². The molecule has 0 N–H and O–H groups in total. The summed E-state index contributed by atoms with van der Waals surface area (Å²) >= 11 is 0. The van der Waals surface area contributed by atoms with Crippen molar-refractivity contribution in [2.45, 2.75) is 51.6 Å². The Balaban J connectivity index is 2.07. The molecule has 0 spiro atoms. The Labute approximate surface area is 94.4 Å². The van der Waals surface area contributed by atoms with E-state index in [1.165, 1.54) is 12.8 Å². The molecule has 0 aromatic heterocycles. The average molecular weight is 226 g/mol. The zero-order chi connectivity index (χ0) is 11.1. The van der Waals surface area contributed by atoms with E-state index in [0.29, 0.717) is 6.61 Å². The van der Waals surface area contributed by atoms with E-state index in [2.05, 4.69) is 31.1 Å². The van der Waals surface area contributed by atoms with Crippen molar-refractivity contribution in [2.75, 3.05) is 13.2 Å². The van der Waals surface area contributed by atoms with Gasteiger partial charge in [0.25, 0.3) is 0 Å². The minimum absolute atomic E-state index is 0.0347. The summed E-state index contributed by atoms with van der Waals surface area (Å²) < 4.78 is 11.1. The Morgan fingerprint density at radius 1 is 1.33 bits per heavy atom. The predicted molar refractivity (Wildman–Crippen MR) is 65.3 cm³/mol. The molecule has 2 nitrogen and oxygen atoms in total. The first-order valence-corrected chi connectivity index (χ1v) is 9.31. The second kappa shape index (κ2) is 6.32. The molecule has 1 saturated heterocycles. The van der Waals surface area contributed by atoms with Crippen molar-refractivity contribution in [2.24, 2.45) is 0 Å². The highest BCUT2D eigenvalue weighted by atomic mass is 28.3. The SMILES string of the molecule is C[Si](C)(C)C#CCCO[C@H]1CCCCO1. The first-order chi connectivity index (χ1) is 7.08. The van der Waals surface area contributed by atoms with Gasteiger partial charge in [-0.1, -0.05) is 19.6 Å². The molecule has 0 saturated carbocycles. The van der Waals surface area contributed by atoms with Crippen LogP contribution in [0.15, 0.2) is 0 Å². The summed E-state index contributed by atoms with van der Waals surface area (Å²) in [6.07, 6.45) is 4.32. The van der Waals surface area contributed by atoms with E-state index in [4.69, 9.17) is 9.47 Å². The van der Waals surface area contributed by atoms with Crippen molar-refractivity contribution in [1.82, 2.24) is 0 Å². The molecule has 1 atom stereocenters. The number of hydrogen-bond acceptors (Lipinski definition) is 2. The number of ether oxygens (including phenoxy) is 2. The van der Waals surface area contributed by atoms with E-state index in [1.54, 1.807) is 0 Å². The summed E-state index contributed by atoms with van der Waals surface area (Å²) in [4.78, 5) is 0. The Morgan fingerprint density at radius 3 is 2.73 bits per heavy atom. The van der Waals surface area contributed by atoms with Gasteiger partial charge in [-0.3, -0.25) is 0 Å². The molecule has 86 valence electrons. The van der Waals surface area contributed by atoms with Crippen molar-refractivity contribution < 1.29 is 9.47 Å². The molecule has 1 fully saturated rings. The second-order valence-corrected chi connectivity index (χ2v) is 9.72. The first-order valence-electron chi connectivity index (χ1n) is 5.81. The van der Waals surface area contributed by atoms with Crippen LogP contribution in [0, 0.1) is 11.5 Å². The van der Waals surface area contributed by atoms with Crippen LogP contribution in [0.3, 0.4) is 0 Å². The van der Waals surface area contributed by atoms with Crippen LogP contribution in [-0.2, 0) is 9.47 Å². The van der Waals surface area contributed by atoms with Crippen molar-refractivity contribution in [3.05, 3.63) is 0 Å². The van der Waals surface area contributed by atoms with Crippen LogP contribution in [0.25, 0.3) is 0 Å². The predicted octanol–water partition coefficient (Wildman–Crippen LogP) is 2.80. The molecular formula is C12H22O2Si. The van der Waals surface area contributed by atoms with Gasteiger partial charge in [-0.25, -0.2) is 0 Å². The van der Waals surface area contributed by atoms with Crippen LogP contribution in [0.2, 0.25) is 19.6 Å². The summed E-state index contributed by atoms with van der Waals surface area (Å²) in [6.45, 7) is 8.33. The zero-order valence-electron chi connectivity index (χ0n) is 10.1. The fourth-order valence-corrected chi connectivity index (χ4v) is 2.07. The van der Waals surface area contributed by atoms with E-state index in [0.717, 1.165) is 19.4 Å². The van der Waals surface area contributed by atoms with E-state index < -0.39 is 8.07 Å². The van der Waals surface area contributed by atoms with Gasteiger partial charge in [-0.05, 0) is 19.3 Å². The lowest BCUT2D eigenvalue weighted by molar-refractivity contribution is -0.161. The lowest BCUT2D eigenvalue weighted by Gasteiger charge is -2.22. The summed E-state index contributed by atoms with van der Waals surface area (Å²) in [5.41, 5.74) is 3.33.